The Morgan fingerprint density at radius 1 is 1.37 bits per heavy atom. The van der Waals surface area contributed by atoms with Crippen molar-refractivity contribution in [1.29, 1.82) is 0 Å². The lowest BCUT2D eigenvalue weighted by atomic mass is 10.2. The zero-order valence-electron chi connectivity index (χ0n) is 14.7. The number of nitrogens with two attached hydrogens (primary N) is 2. The maximum absolute atomic E-state index is 13.8. The molecule has 1 amide bonds. The first-order chi connectivity index (χ1) is 12.6. The van der Waals surface area contributed by atoms with Crippen molar-refractivity contribution in [3.63, 3.8) is 0 Å². The molecule has 2 rings (SSSR count). The number of rotatable bonds is 7. The molecule has 0 saturated carbocycles. The quantitative estimate of drug-likeness (QED) is 0.679. The summed E-state index contributed by atoms with van der Waals surface area (Å²) in [7, 11) is 0. The highest BCUT2D eigenvalue weighted by molar-refractivity contribution is 9.10. The molecular weight excluding hydrogens is 426 g/mol. The molecule has 1 aromatic heterocycles. The fourth-order valence-corrected chi connectivity index (χ4v) is 2.85. The first-order valence-corrected chi connectivity index (χ1v) is 8.83. The molecule has 1 heterocycles. The van der Waals surface area contributed by atoms with Crippen molar-refractivity contribution in [1.82, 2.24) is 9.55 Å². The molecule has 146 valence electrons. The van der Waals surface area contributed by atoms with Crippen LogP contribution in [0.3, 0.4) is 0 Å². The Balaban J connectivity index is 2.42. The van der Waals surface area contributed by atoms with Crippen LogP contribution in [0, 0.1) is 11.6 Å². The van der Waals surface area contributed by atoms with Crippen LogP contribution in [0.4, 0.5) is 8.78 Å². The number of aromatic nitrogens is 2. The summed E-state index contributed by atoms with van der Waals surface area (Å²) >= 11 is 3.13. The molecule has 1 unspecified atom stereocenters. The van der Waals surface area contributed by atoms with E-state index in [1.807, 2.05) is 0 Å². The van der Waals surface area contributed by atoms with E-state index in [0.717, 1.165) is 12.1 Å². The minimum absolute atomic E-state index is 0.0220. The number of hydrogen-bond donors (Lipinski definition) is 2. The lowest BCUT2D eigenvalue weighted by molar-refractivity contribution is -0.118. The highest BCUT2D eigenvalue weighted by Crippen LogP contribution is 2.25. The second kappa shape index (κ2) is 8.57. The molecule has 2 aromatic rings. The Morgan fingerprint density at radius 2 is 2.04 bits per heavy atom. The van der Waals surface area contributed by atoms with E-state index in [4.69, 9.17) is 16.2 Å². The average Bonchev–Trinajstić information content (AvgIpc) is 2.56. The Labute approximate surface area is 162 Å². The van der Waals surface area contributed by atoms with E-state index >= 15 is 0 Å². The van der Waals surface area contributed by atoms with E-state index in [1.165, 1.54) is 10.6 Å². The van der Waals surface area contributed by atoms with Crippen molar-refractivity contribution in [3.8, 4) is 5.88 Å². The van der Waals surface area contributed by atoms with Gasteiger partial charge in [0.05, 0.1) is 6.04 Å². The van der Waals surface area contributed by atoms with Gasteiger partial charge in [0.2, 0.25) is 11.8 Å². The molecule has 1 atom stereocenters. The van der Waals surface area contributed by atoms with Crippen LogP contribution in [0.15, 0.2) is 27.5 Å². The maximum Gasteiger partial charge on any atom is 0.272 e. The fraction of sp³-hybridized carbons (Fsp3) is 0.353. The van der Waals surface area contributed by atoms with Crippen LogP contribution in [0.1, 0.15) is 43.7 Å². The summed E-state index contributed by atoms with van der Waals surface area (Å²) in [5, 5.41) is 0. The topological polar surface area (TPSA) is 113 Å². The van der Waals surface area contributed by atoms with Gasteiger partial charge in [0.25, 0.3) is 5.56 Å². The fourth-order valence-electron chi connectivity index (χ4n) is 2.46. The van der Waals surface area contributed by atoms with Crippen LogP contribution < -0.4 is 21.8 Å². The van der Waals surface area contributed by atoms with Crippen LogP contribution >= 0.6 is 15.9 Å². The molecule has 27 heavy (non-hydrogen) atoms. The van der Waals surface area contributed by atoms with Crippen molar-refractivity contribution in [2.45, 2.75) is 39.0 Å². The minimum Gasteiger partial charge on any atom is -0.472 e. The number of nitrogens with zero attached hydrogens (tertiary/aromatic N) is 2. The summed E-state index contributed by atoms with van der Waals surface area (Å²) in [4.78, 5) is 28.1. The van der Waals surface area contributed by atoms with Gasteiger partial charge in [0.1, 0.15) is 28.5 Å². The lowest BCUT2D eigenvalue weighted by Gasteiger charge is -2.21. The van der Waals surface area contributed by atoms with E-state index in [1.54, 1.807) is 13.8 Å². The summed E-state index contributed by atoms with van der Waals surface area (Å²) in [6.07, 6.45) is -0.215. The molecular formula is C17H19BrF2N4O3. The Hall–Kier alpha value is -2.33. The second-order valence-corrected chi connectivity index (χ2v) is 6.95. The first-order valence-electron chi connectivity index (χ1n) is 8.04. The third-order valence-corrected chi connectivity index (χ3v) is 4.38. The molecule has 0 spiro atoms. The maximum atomic E-state index is 13.8. The van der Waals surface area contributed by atoms with Crippen molar-refractivity contribution < 1.29 is 18.3 Å². The van der Waals surface area contributed by atoms with Gasteiger partial charge in [-0.25, -0.2) is 8.78 Å². The first kappa shape index (κ1) is 21.0. The predicted octanol–water partition coefficient (Wildman–Crippen LogP) is 2.32. The minimum atomic E-state index is -0.921. The van der Waals surface area contributed by atoms with Crippen LogP contribution in [-0.4, -0.2) is 15.5 Å². The molecule has 0 aliphatic carbocycles. The van der Waals surface area contributed by atoms with Gasteiger partial charge in [-0.1, -0.05) is 0 Å². The molecule has 0 bridgehead atoms. The van der Waals surface area contributed by atoms with Gasteiger partial charge in [-0.15, -0.1) is 0 Å². The standard InChI is InChI=1S/C17H19BrF2N4O3/c1-8(2)24-15(12(21)6-13(22)25)23-16(14(18)17(24)26)27-7-9-3-4-10(19)5-11(9)20/h3-5,8,12H,6-7,21H2,1-2H3,(H2,22,25). The van der Waals surface area contributed by atoms with Gasteiger partial charge in [0, 0.05) is 24.1 Å². The Morgan fingerprint density at radius 3 is 2.59 bits per heavy atom. The van der Waals surface area contributed by atoms with Crippen molar-refractivity contribution in [3.05, 3.63) is 56.0 Å². The van der Waals surface area contributed by atoms with Gasteiger partial charge in [0.15, 0.2) is 0 Å². The number of halogens is 3. The third kappa shape index (κ3) is 4.89. The van der Waals surface area contributed by atoms with E-state index < -0.39 is 29.1 Å². The van der Waals surface area contributed by atoms with Gasteiger partial charge in [-0.3, -0.25) is 14.2 Å². The Kier molecular flexibility index (Phi) is 6.66. The second-order valence-electron chi connectivity index (χ2n) is 6.16. The summed E-state index contributed by atoms with van der Waals surface area (Å²) in [5.41, 5.74) is 10.8. The highest BCUT2D eigenvalue weighted by Gasteiger charge is 2.23. The molecule has 10 heteroatoms. The zero-order valence-corrected chi connectivity index (χ0v) is 16.3. The van der Waals surface area contributed by atoms with E-state index in [-0.39, 0.29) is 40.8 Å². The number of benzene rings is 1. The number of carbonyl (C=O) groups is 1. The number of hydrogen-bond acceptors (Lipinski definition) is 5. The molecule has 0 radical (unpaired) electrons. The van der Waals surface area contributed by atoms with Gasteiger partial charge in [-0.05, 0) is 41.9 Å². The number of ether oxygens (including phenoxy) is 1. The molecule has 4 N–H and O–H groups in total. The molecule has 7 nitrogen and oxygen atoms in total. The summed E-state index contributed by atoms with van der Waals surface area (Å²) in [6, 6.07) is 1.84. The summed E-state index contributed by atoms with van der Waals surface area (Å²) < 4.78 is 33.6. The molecule has 1 aromatic carbocycles. The monoisotopic (exact) mass is 444 g/mol. The van der Waals surface area contributed by atoms with Crippen molar-refractivity contribution in [2.75, 3.05) is 0 Å². The smallest absolute Gasteiger partial charge is 0.272 e. The third-order valence-electron chi connectivity index (χ3n) is 3.71. The van der Waals surface area contributed by atoms with Crippen LogP contribution in [0.25, 0.3) is 0 Å². The molecule has 0 fully saturated rings. The zero-order chi connectivity index (χ0) is 20.3. The SMILES string of the molecule is CC(C)n1c(C(N)CC(N)=O)nc(OCc2ccc(F)cc2F)c(Br)c1=O. The largest absolute Gasteiger partial charge is 0.472 e. The molecule has 0 aliphatic heterocycles. The number of amides is 1. The van der Waals surface area contributed by atoms with Gasteiger partial charge >= 0.3 is 0 Å². The molecule has 0 saturated heterocycles. The predicted molar refractivity (Wildman–Crippen MR) is 98.0 cm³/mol. The van der Waals surface area contributed by atoms with Crippen LogP contribution in [-0.2, 0) is 11.4 Å². The number of carbonyl (C=O) groups excluding carboxylic acids is 1. The summed E-state index contributed by atoms with van der Waals surface area (Å²) in [5.74, 6) is -2.14. The van der Waals surface area contributed by atoms with Crippen molar-refractivity contribution in [2.24, 2.45) is 11.5 Å². The Bertz CT molecular complexity index is 918. The van der Waals surface area contributed by atoms with Crippen LogP contribution in [0.5, 0.6) is 5.88 Å². The van der Waals surface area contributed by atoms with Crippen LogP contribution in [0.2, 0.25) is 0 Å². The molecule has 0 aliphatic rings. The number of primary amides is 1. The lowest BCUT2D eigenvalue weighted by Crippen LogP contribution is -2.33. The highest BCUT2D eigenvalue weighted by atomic mass is 79.9. The normalized spacial score (nSPS) is 12.3. The van der Waals surface area contributed by atoms with Gasteiger partial charge < -0.3 is 16.2 Å². The van der Waals surface area contributed by atoms with E-state index in [2.05, 4.69) is 20.9 Å². The van der Waals surface area contributed by atoms with E-state index in [0.29, 0.717) is 0 Å². The van der Waals surface area contributed by atoms with Crippen molar-refractivity contribution >= 4 is 21.8 Å². The van der Waals surface area contributed by atoms with Gasteiger partial charge in [-0.2, -0.15) is 4.98 Å². The van der Waals surface area contributed by atoms with E-state index in [9.17, 15) is 18.4 Å². The summed E-state index contributed by atoms with van der Waals surface area (Å²) in [6.45, 7) is 3.22. The average molecular weight is 445 g/mol.